The van der Waals surface area contributed by atoms with Crippen LogP contribution in [0.5, 0.6) is 0 Å². The van der Waals surface area contributed by atoms with E-state index in [-0.39, 0.29) is 11.5 Å². The second kappa shape index (κ2) is 5.04. The summed E-state index contributed by atoms with van der Waals surface area (Å²) in [6.45, 7) is 0. The molecule has 0 saturated carbocycles. The van der Waals surface area contributed by atoms with Gasteiger partial charge in [0.05, 0.1) is 16.4 Å². The van der Waals surface area contributed by atoms with Gasteiger partial charge in [0, 0.05) is 19.7 Å². The highest BCUT2D eigenvalue weighted by atomic mass is 35.5. The summed E-state index contributed by atoms with van der Waals surface area (Å²) < 4.78 is 17.0. The fourth-order valence-electron chi connectivity index (χ4n) is 2.54. The quantitative estimate of drug-likeness (QED) is 0.667. The van der Waals surface area contributed by atoms with Crippen LogP contribution in [0.25, 0.3) is 11.0 Å². The first kappa shape index (κ1) is 13.9. The van der Waals surface area contributed by atoms with Gasteiger partial charge in [0.2, 0.25) is 0 Å². The molecule has 0 aliphatic heterocycles. The molecule has 0 amide bonds. The highest BCUT2D eigenvalue weighted by Gasteiger charge is 2.17. The Hall–Kier alpha value is -2.07. The van der Waals surface area contributed by atoms with Crippen LogP contribution in [0, 0.1) is 5.82 Å². The van der Waals surface area contributed by atoms with E-state index in [4.69, 9.17) is 11.6 Å². The van der Waals surface area contributed by atoms with Crippen molar-refractivity contribution in [2.24, 2.45) is 14.1 Å². The standard InChI is InChI=1S/C16H14ClFN2O/c1-19-13-8-7-10(9-14(13)20(2)16(19)21)15(17)11-5-3-4-6-12(11)18/h3-9,15H,1-2H3. The molecule has 0 aliphatic rings. The maximum absolute atomic E-state index is 13.8. The third kappa shape index (κ3) is 2.16. The van der Waals surface area contributed by atoms with Crippen LogP contribution in [0.4, 0.5) is 4.39 Å². The summed E-state index contributed by atoms with van der Waals surface area (Å²) in [7, 11) is 3.43. The van der Waals surface area contributed by atoms with Crippen LogP contribution in [-0.4, -0.2) is 9.13 Å². The van der Waals surface area contributed by atoms with Gasteiger partial charge in [-0.15, -0.1) is 11.6 Å². The predicted octanol–water partition coefficient (Wildman–Crippen LogP) is 3.34. The summed E-state index contributed by atoms with van der Waals surface area (Å²) in [5, 5.41) is -0.592. The van der Waals surface area contributed by atoms with Gasteiger partial charge >= 0.3 is 5.69 Å². The second-order valence-electron chi connectivity index (χ2n) is 5.03. The molecule has 0 aliphatic carbocycles. The van der Waals surface area contributed by atoms with E-state index >= 15 is 0 Å². The second-order valence-corrected chi connectivity index (χ2v) is 5.47. The van der Waals surface area contributed by atoms with E-state index in [0.29, 0.717) is 5.56 Å². The van der Waals surface area contributed by atoms with E-state index in [9.17, 15) is 9.18 Å². The molecule has 0 N–H and O–H groups in total. The number of aromatic nitrogens is 2. The molecule has 0 saturated heterocycles. The van der Waals surface area contributed by atoms with Gasteiger partial charge in [-0.2, -0.15) is 0 Å². The number of fused-ring (bicyclic) bond motifs is 1. The lowest BCUT2D eigenvalue weighted by Gasteiger charge is -2.11. The van der Waals surface area contributed by atoms with Crippen molar-refractivity contribution in [1.82, 2.24) is 9.13 Å². The van der Waals surface area contributed by atoms with Gasteiger partial charge in [-0.05, 0) is 23.8 Å². The first-order valence-electron chi connectivity index (χ1n) is 6.54. The molecule has 0 fully saturated rings. The minimum atomic E-state index is -0.592. The molecular formula is C16H14ClFN2O. The number of halogens is 2. The summed E-state index contributed by atoms with van der Waals surface area (Å²) in [5.74, 6) is -0.334. The highest BCUT2D eigenvalue weighted by molar-refractivity contribution is 6.22. The van der Waals surface area contributed by atoms with Crippen molar-refractivity contribution < 1.29 is 4.39 Å². The highest BCUT2D eigenvalue weighted by Crippen LogP contribution is 2.31. The Labute approximate surface area is 126 Å². The molecule has 1 aromatic heterocycles. The van der Waals surface area contributed by atoms with Crippen LogP contribution in [0.15, 0.2) is 47.3 Å². The Morgan fingerprint density at radius 1 is 1.05 bits per heavy atom. The van der Waals surface area contributed by atoms with E-state index in [1.807, 2.05) is 18.2 Å². The number of imidazole rings is 1. The summed E-state index contributed by atoms with van der Waals surface area (Å²) in [4.78, 5) is 11.9. The lowest BCUT2D eigenvalue weighted by atomic mass is 10.0. The minimum absolute atomic E-state index is 0.0980. The summed E-state index contributed by atoms with van der Waals surface area (Å²) in [6.07, 6.45) is 0. The van der Waals surface area contributed by atoms with Crippen molar-refractivity contribution in [2.75, 3.05) is 0 Å². The Bertz CT molecular complexity index is 882. The van der Waals surface area contributed by atoms with E-state index in [0.717, 1.165) is 16.6 Å². The molecule has 1 heterocycles. The third-order valence-corrected chi connectivity index (χ3v) is 4.25. The average molecular weight is 305 g/mol. The molecule has 3 rings (SSSR count). The molecule has 2 aromatic carbocycles. The molecule has 5 heteroatoms. The molecule has 0 bridgehead atoms. The normalized spacial score (nSPS) is 12.8. The number of hydrogen-bond donors (Lipinski definition) is 0. The first-order chi connectivity index (χ1) is 10.0. The molecule has 21 heavy (non-hydrogen) atoms. The van der Waals surface area contributed by atoms with Crippen LogP contribution in [0.3, 0.4) is 0 Å². The van der Waals surface area contributed by atoms with Crippen molar-refractivity contribution >= 4 is 22.6 Å². The number of rotatable bonds is 2. The van der Waals surface area contributed by atoms with Crippen LogP contribution in [-0.2, 0) is 14.1 Å². The number of hydrogen-bond acceptors (Lipinski definition) is 1. The van der Waals surface area contributed by atoms with Crippen molar-refractivity contribution in [3.05, 3.63) is 69.9 Å². The van der Waals surface area contributed by atoms with Crippen LogP contribution >= 0.6 is 11.6 Å². The van der Waals surface area contributed by atoms with Gasteiger partial charge in [0.25, 0.3) is 0 Å². The van der Waals surface area contributed by atoms with Gasteiger partial charge in [-0.1, -0.05) is 24.3 Å². The lowest BCUT2D eigenvalue weighted by molar-refractivity contribution is 0.612. The van der Waals surface area contributed by atoms with E-state index in [1.165, 1.54) is 6.07 Å². The van der Waals surface area contributed by atoms with Gasteiger partial charge in [-0.25, -0.2) is 9.18 Å². The summed E-state index contributed by atoms with van der Waals surface area (Å²) in [5.41, 5.74) is 2.69. The third-order valence-electron chi connectivity index (χ3n) is 3.77. The zero-order valence-electron chi connectivity index (χ0n) is 11.7. The molecule has 108 valence electrons. The molecule has 1 atom stereocenters. The minimum Gasteiger partial charge on any atom is -0.295 e. The Morgan fingerprint density at radius 2 is 1.71 bits per heavy atom. The van der Waals surface area contributed by atoms with Crippen LogP contribution in [0.2, 0.25) is 0 Å². The fourth-order valence-corrected chi connectivity index (χ4v) is 2.85. The summed E-state index contributed by atoms with van der Waals surface area (Å²) in [6, 6.07) is 11.9. The van der Waals surface area contributed by atoms with Gasteiger partial charge in [0.1, 0.15) is 5.82 Å². The topological polar surface area (TPSA) is 26.9 Å². The number of aryl methyl sites for hydroxylation is 2. The van der Waals surface area contributed by atoms with Gasteiger partial charge in [0.15, 0.2) is 0 Å². The molecule has 0 spiro atoms. The molecule has 3 aromatic rings. The lowest BCUT2D eigenvalue weighted by Crippen LogP contribution is -2.19. The van der Waals surface area contributed by atoms with Crippen molar-refractivity contribution in [3.63, 3.8) is 0 Å². The largest absolute Gasteiger partial charge is 0.328 e. The zero-order chi connectivity index (χ0) is 15.1. The Balaban J connectivity index is 2.16. The van der Waals surface area contributed by atoms with Gasteiger partial charge in [-0.3, -0.25) is 9.13 Å². The van der Waals surface area contributed by atoms with Crippen molar-refractivity contribution in [2.45, 2.75) is 5.38 Å². The van der Waals surface area contributed by atoms with Crippen molar-refractivity contribution in [3.8, 4) is 0 Å². The van der Waals surface area contributed by atoms with Crippen LogP contribution in [0.1, 0.15) is 16.5 Å². The van der Waals surface area contributed by atoms with Gasteiger partial charge < -0.3 is 0 Å². The monoisotopic (exact) mass is 304 g/mol. The Kier molecular flexibility index (Phi) is 3.33. The molecule has 3 nitrogen and oxygen atoms in total. The molecule has 1 unspecified atom stereocenters. The number of nitrogens with zero attached hydrogens (tertiary/aromatic N) is 2. The number of benzene rings is 2. The number of alkyl halides is 1. The first-order valence-corrected chi connectivity index (χ1v) is 6.98. The SMILES string of the molecule is Cn1c(=O)n(C)c2cc(C(Cl)c3ccccc3F)ccc21. The molecule has 0 radical (unpaired) electrons. The maximum Gasteiger partial charge on any atom is 0.328 e. The summed E-state index contributed by atoms with van der Waals surface area (Å²) >= 11 is 6.40. The van der Waals surface area contributed by atoms with E-state index in [1.54, 1.807) is 41.4 Å². The zero-order valence-corrected chi connectivity index (χ0v) is 12.4. The smallest absolute Gasteiger partial charge is 0.295 e. The maximum atomic E-state index is 13.8. The van der Waals surface area contributed by atoms with E-state index < -0.39 is 5.38 Å². The fraction of sp³-hybridized carbons (Fsp3) is 0.188. The van der Waals surface area contributed by atoms with Crippen molar-refractivity contribution in [1.29, 1.82) is 0 Å². The predicted molar refractivity (Wildman–Crippen MR) is 82.3 cm³/mol. The average Bonchev–Trinajstić information content (AvgIpc) is 2.71. The van der Waals surface area contributed by atoms with E-state index in [2.05, 4.69) is 0 Å². The Morgan fingerprint density at radius 3 is 2.43 bits per heavy atom. The van der Waals surface area contributed by atoms with Crippen LogP contribution < -0.4 is 5.69 Å². The molecular weight excluding hydrogens is 291 g/mol.